The summed E-state index contributed by atoms with van der Waals surface area (Å²) in [7, 11) is 0. The first kappa shape index (κ1) is 25.5. The summed E-state index contributed by atoms with van der Waals surface area (Å²) in [6.45, 7) is 12.8. The molecular weight excluding hydrogens is 478 g/mol. The summed E-state index contributed by atoms with van der Waals surface area (Å²) in [5.74, 6) is 0. The summed E-state index contributed by atoms with van der Waals surface area (Å²) in [6.07, 6.45) is 2.12. The van der Waals surface area contributed by atoms with Gasteiger partial charge in [-0.3, -0.25) is 0 Å². The number of thioether (sulfide) groups is 1. The maximum Gasteiger partial charge on any atom is 0.0847 e. The Hall–Kier alpha value is -4.14. The molecule has 38 heavy (non-hydrogen) atoms. The van der Waals surface area contributed by atoms with E-state index in [1.54, 1.807) is 11.8 Å². The summed E-state index contributed by atoms with van der Waals surface area (Å²) >= 11 is 1.72. The molecular formula is C36H31NS. The summed E-state index contributed by atoms with van der Waals surface area (Å²) in [4.78, 5) is 6.42. The Morgan fingerprint density at radius 2 is 1.21 bits per heavy atom. The Kier molecular flexibility index (Phi) is 7.44. The third-order valence-electron chi connectivity index (χ3n) is 6.94. The smallest absolute Gasteiger partial charge is 0.0847 e. The molecule has 0 heterocycles. The average Bonchev–Trinajstić information content (AvgIpc) is 2.97. The number of aliphatic imine (C=N–C) groups is 1. The lowest BCUT2D eigenvalue weighted by Gasteiger charge is -2.16. The van der Waals surface area contributed by atoms with E-state index < -0.39 is 0 Å². The van der Waals surface area contributed by atoms with Gasteiger partial charge in [0.2, 0.25) is 0 Å². The fourth-order valence-corrected chi connectivity index (χ4v) is 5.67. The largest absolute Gasteiger partial charge is 0.247 e. The molecule has 5 aromatic rings. The van der Waals surface area contributed by atoms with Crippen LogP contribution < -0.4 is 0 Å². The van der Waals surface area contributed by atoms with Crippen molar-refractivity contribution in [2.24, 2.45) is 4.99 Å². The van der Waals surface area contributed by atoms with Gasteiger partial charge < -0.3 is 0 Å². The van der Waals surface area contributed by atoms with Gasteiger partial charge in [0.25, 0.3) is 0 Å². The van der Waals surface area contributed by atoms with Crippen LogP contribution in [0.2, 0.25) is 0 Å². The molecule has 0 saturated carbocycles. The Morgan fingerprint density at radius 3 is 1.87 bits per heavy atom. The predicted octanol–water partition coefficient (Wildman–Crippen LogP) is 10.3. The first-order chi connectivity index (χ1) is 18.5. The maximum atomic E-state index is 5.29. The van der Waals surface area contributed by atoms with Crippen molar-refractivity contribution < 1.29 is 0 Å². The summed E-state index contributed by atoms with van der Waals surface area (Å²) in [5.41, 5.74) is 8.33. The van der Waals surface area contributed by atoms with Crippen LogP contribution in [-0.4, -0.2) is 12.0 Å². The molecule has 0 spiro atoms. The van der Waals surface area contributed by atoms with Crippen molar-refractivity contribution in [3.05, 3.63) is 150 Å². The predicted molar refractivity (Wildman–Crippen MR) is 171 cm³/mol. The van der Waals surface area contributed by atoms with Gasteiger partial charge in [0.15, 0.2) is 0 Å². The fourth-order valence-electron chi connectivity index (χ4n) is 4.89. The van der Waals surface area contributed by atoms with Crippen LogP contribution in [0.25, 0.3) is 38.4 Å². The standard InChI is InChI=1S/C36H31NS/c1-24(2)27-19-21-29(22-20-27)35(36(38-5)25(3)28-13-7-6-8-14-28)37-26(4)34-23-30-15-9-10-16-31(30)32-17-11-12-18-33(32)34/h6-23H,1,4H2,2-3,5H3/b36-25-,37-35?. The van der Waals surface area contributed by atoms with Crippen LogP contribution in [-0.2, 0) is 0 Å². The monoisotopic (exact) mass is 509 g/mol. The highest BCUT2D eigenvalue weighted by Gasteiger charge is 2.16. The second-order valence-electron chi connectivity index (χ2n) is 9.48. The highest BCUT2D eigenvalue weighted by Crippen LogP contribution is 2.35. The van der Waals surface area contributed by atoms with Crippen LogP contribution in [0.15, 0.2) is 132 Å². The van der Waals surface area contributed by atoms with Gasteiger partial charge in [-0.1, -0.05) is 122 Å². The molecule has 0 unspecified atom stereocenters. The molecule has 0 atom stereocenters. The first-order valence-corrected chi connectivity index (χ1v) is 14.0. The highest BCUT2D eigenvalue weighted by atomic mass is 32.2. The van der Waals surface area contributed by atoms with Crippen molar-refractivity contribution in [2.45, 2.75) is 13.8 Å². The normalized spacial score (nSPS) is 12.4. The molecule has 0 saturated heterocycles. The molecule has 5 rings (SSSR count). The molecule has 0 aliphatic carbocycles. The SMILES string of the molecule is C=C(C)c1ccc(C(=NC(=C)c2cc3ccccc3c3ccccc23)/C(SC)=C(\C)c2ccccc2)cc1. The maximum absolute atomic E-state index is 5.29. The van der Waals surface area contributed by atoms with Crippen molar-refractivity contribution >= 4 is 55.9 Å². The molecule has 5 aromatic carbocycles. The molecule has 0 aliphatic rings. The lowest BCUT2D eigenvalue weighted by molar-refractivity contribution is 1.50. The lowest BCUT2D eigenvalue weighted by atomic mass is 9.95. The van der Waals surface area contributed by atoms with Gasteiger partial charge >= 0.3 is 0 Å². The Labute approximate surface area is 230 Å². The van der Waals surface area contributed by atoms with Gasteiger partial charge in [0, 0.05) is 16.0 Å². The van der Waals surface area contributed by atoms with Gasteiger partial charge in [-0.15, -0.1) is 11.8 Å². The van der Waals surface area contributed by atoms with E-state index in [0.29, 0.717) is 0 Å². The molecule has 0 aromatic heterocycles. The second kappa shape index (κ2) is 11.1. The summed E-state index contributed by atoms with van der Waals surface area (Å²) in [6, 6.07) is 38.3. The number of fused-ring (bicyclic) bond motifs is 3. The van der Waals surface area contributed by atoms with E-state index in [2.05, 4.69) is 129 Å². The summed E-state index contributed by atoms with van der Waals surface area (Å²) < 4.78 is 0. The van der Waals surface area contributed by atoms with E-state index >= 15 is 0 Å². The van der Waals surface area contributed by atoms with E-state index in [1.807, 2.05) is 13.0 Å². The van der Waals surface area contributed by atoms with Crippen LogP contribution in [0.3, 0.4) is 0 Å². The van der Waals surface area contributed by atoms with Crippen LogP contribution >= 0.6 is 11.8 Å². The molecule has 0 N–H and O–H groups in total. The van der Waals surface area contributed by atoms with E-state index in [1.165, 1.54) is 27.3 Å². The second-order valence-corrected chi connectivity index (χ2v) is 10.3. The minimum Gasteiger partial charge on any atom is -0.247 e. The third-order valence-corrected chi connectivity index (χ3v) is 7.85. The third kappa shape index (κ3) is 5.01. The molecule has 0 radical (unpaired) electrons. The quantitative estimate of drug-likeness (QED) is 0.157. The highest BCUT2D eigenvalue weighted by molar-refractivity contribution is 8.03. The lowest BCUT2D eigenvalue weighted by Crippen LogP contribution is -2.06. The van der Waals surface area contributed by atoms with Crippen LogP contribution in [0, 0.1) is 0 Å². The molecule has 1 nitrogen and oxygen atoms in total. The van der Waals surface area contributed by atoms with Gasteiger partial charge in [0.1, 0.15) is 0 Å². The molecule has 0 bridgehead atoms. The van der Waals surface area contributed by atoms with E-state index in [-0.39, 0.29) is 0 Å². The number of nitrogens with zero attached hydrogens (tertiary/aromatic N) is 1. The van der Waals surface area contributed by atoms with E-state index in [4.69, 9.17) is 4.99 Å². The number of benzene rings is 5. The van der Waals surface area contributed by atoms with Crippen LogP contribution in [0.1, 0.15) is 36.1 Å². The van der Waals surface area contributed by atoms with Crippen LogP contribution in [0.4, 0.5) is 0 Å². The molecule has 0 amide bonds. The van der Waals surface area contributed by atoms with Gasteiger partial charge in [0.05, 0.1) is 11.4 Å². The van der Waals surface area contributed by atoms with E-state index in [0.717, 1.165) is 44.0 Å². The minimum atomic E-state index is 0.748. The van der Waals surface area contributed by atoms with Crippen molar-refractivity contribution in [1.29, 1.82) is 0 Å². The summed E-state index contributed by atoms with van der Waals surface area (Å²) in [5, 5.41) is 4.80. The van der Waals surface area contributed by atoms with Crippen molar-refractivity contribution in [1.82, 2.24) is 0 Å². The number of rotatable bonds is 7. The zero-order valence-corrected chi connectivity index (χ0v) is 23.0. The zero-order valence-electron chi connectivity index (χ0n) is 22.2. The number of hydrogen-bond acceptors (Lipinski definition) is 2. The fraction of sp³-hybridized carbons (Fsp3) is 0.0833. The Balaban J connectivity index is 1.73. The number of hydrogen-bond donors (Lipinski definition) is 0. The van der Waals surface area contributed by atoms with Gasteiger partial charge in [-0.25, -0.2) is 4.99 Å². The Bertz CT molecular complexity index is 1720. The van der Waals surface area contributed by atoms with E-state index in [9.17, 15) is 0 Å². The number of allylic oxidation sites excluding steroid dienone is 3. The molecule has 186 valence electrons. The van der Waals surface area contributed by atoms with Gasteiger partial charge in [-0.05, 0) is 64.4 Å². The van der Waals surface area contributed by atoms with Crippen molar-refractivity contribution in [3.63, 3.8) is 0 Å². The van der Waals surface area contributed by atoms with Crippen molar-refractivity contribution in [2.75, 3.05) is 6.26 Å². The minimum absolute atomic E-state index is 0.748. The average molecular weight is 510 g/mol. The van der Waals surface area contributed by atoms with Crippen molar-refractivity contribution in [3.8, 4) is 0 Å². The topological polar surface area (TPSA) is 12.4 Å². The first-order valence-electron chi connectivity index (χ1n) is 12.7. The molecule has 2 heteroatoms. The Morgan fingerprint density at radius 1 is 0.632 bits per heavy atom. The zero-order chi connectivity index (χ0) is 26.6. The molecule has 0 fully saturated rings. The molecule has 0 aliphatic heterocycles. The van der Waals surface area contributed by atoms with Gasteiger partial charge in [-0.2, -0.15) is 0 Å². The van der Waals surface area contributed by atoms with Crippen LogP contribution in [0.5, 0.6) is 0 Å².